The number of esters is 1. The SMILES string of the molecule is CCCCCCC(C/C=C/CCCCCCCC(=O)OC)OCOCCOC. The van der Waals surface area contributed by atoms with Gasteiger partial charge in [0.05, 0.1) is 26.4 Å². The topological polar surface area (TPSA) is 54.0 Å². The highest BCUT2D eigenvalue weighted by molar-refractivity contribution is 5.68. The van der Waals surface area contributed by atoms with Gasteiger partial charge in [-0.2, -0.15) is 0 Å². The van der Waals surface area contributed by atoms with Gasteiger partial charge in [0, 0.05) is 13.5 Å². The van der Waals surface area contributed by atoms with Crippen molar-refractivity contribution in [3.05, 3.63) is 12.2 Å². The lowest BCUT2D eigenvalue weighted by Gasteiger charge is -2.16. The summed E-state index contributed by atoms with van der Waals surface area (Å²) in [5.74, 6) is -0.0986. The minimum Gasteiger partial charge on any atom is -0.469 e. The number of allylic oxidation sites excluding steroid dienone is 1. The molecule has 0 saturated carbocycles. The van der Waals surface area contributed by atoms with Gasteiger partial charge < -0.3 is 18.9 Å². The summed E-state index contributed by atoms with van der Waals surface area (Å²) in [7, 11) is 3.12. The molecule has 0 rings (SSSR count). The van der Waals surface area contributed by atoms with Crippen LogP contribution in [0.3, 0.4) is 0 Å². The summed E-state index contributed by atoms with van der Waals surface area (Å²) in [6.45, 7) is 3.77. The van der Waals surface area contributed by atoms with Gasteiger partial charge in [0.1, 0.15) is 6.79 Å². The molecule has 0 aliphatic heterocycles. The molecule has 0 aromatic heterocycles. The van der Waals surface area contributed by atoms with E-state index in [4.69, 9.17) is 14.2 Å². The molecule has 0 spiro atoms. The van der Waals surface area contributed by atoms with Crippen molar-refractivity contribution in [2.75, 3.05) is 34.2 Å². The first-order valence-electron chi connectivity index (χ1n) is 11.1. The average molecular weight is 401 g/mol. The lowest BCUT2D eigenvalue weighted by Crippen LogP contribution is -2.16. The molecule has 0 heterocycles. The molecule has 0 aliphatic rings. The Morgan fingerprint density at radius 1 is 0.893 bits per heavy atom. The maximum Gasteiger partial charge on any atom is 0.305 e. The van der Waals surface area contributed by atoms with E-state index in [1.165, 1.54) is 52.1 Å². The van der Waals surface area contributed by atoms with Crippen molar-refractivity contribution in [1.82, 2.24) is 0 Å². The Balaban J connectivity index is 3.78. The van der Waals surface area contributed by atoms with Gasteiger partial charge in [0.15, 0.2) is 0 Å². The Morgan fingerprint density at radius 2 is 1.64 bits per heavy atom. The molecule has 166 valence electrons. The Morgan fingerprint density at radius 3 is 2.39 bits per heavy atom. The fourth-order valence-corrected chi connectivity index (χ4v) is 2.94. The van der Waals surface area contributed by atoms with Gasteiger partial charge in [-0.15, -0.1) is 0 Å². The second kappa shape index (κ2) is 22.4. The summed E-state index contributed by atoms with van der Waals surface area (Å²) in [6, 6.07) is 0. The molecule has 0 saturated heterocycles. The third-order valence-electron chi connectivity index (χ3n) is 4.74. The summed E-state index contributed by atoms with van der Waals surface area (Å²) in [4.78, 5) is 11.0. The lowest BCUT2D eigenvalue weighted by molar-refractivity contribution is -0.140. The van der Waals surface area contributed by atoms with Crippen LogP contribution in [0.1, 0.15) is 90.4 Å². The Bertz CT molecular complexity index is 357. The Kier molecular flexibility index (Phi) is 21.7. The molecule has 0 aromatic carbocycles. The van der Waals surface area contributed by atoms with Crippen LogP contribution in [-0.2, 0) is 23.7 Å². The number of hydrogen-bond acceptors (Lipinski definition) is 5. The fraction of sp³-hybridized carbons (Fsp3) is 0.870. The maximum atomic E-state index is 11.0. The average Bonchev–Trinajstić information content (AvgIpc) is 2.71. The Labute approximate surface area is 173 Å². The van der Waals surface area contributed by atoms with Crippen molar-refractivity contribution in [2.24, 2.45) is 0 Å². The first-order chi connectivity index (χ1) is 13.7. The molecule has 0 fully saturated rings. The van der Waals surface area contributed by atoms with Crippen LogP contribution >= 0.6 is 0 Å². The number of rotatable bonds is 21. The monoisotopic (exact) mass is 400 g/mol. The summed E-state index contributed by atoms with van der Waals surface area (Å²) >= 11 is 0. The number of unbranched alkanes of at least 4 members (excludes halogenated alkanes) is 8. The van der Waals surface area contributed by atoms with E-state index in [9.17, 15) is 4.79 Å². The van der Waals surface area contributed by atoms with Crippen molar-refractivity contribution in [2.45, 2.75) is 96.5 Å². The van der Waals surface area contributed by atoms with Crippen LogP contribution in [0.15, 0.2) is 12.2 Å². The van der Waals surface area contributed by atoms with Gasteiger partial charge in [-0.3, -0.25) is 4.79 Å². The van der Waals surface area contributed by atoms with E-state index < -0.39 is 0 Å². The van der Waals surface area contributed by atoms with Gasteiger partial charge in [-0.25, -0.2) is 0 Å². The van der Waals surface area contributed by atoms with E-state index in [2.05, 4.69) is 23.8 Å². The van der Waals surface area contributed by atoms with Crippen LogP contribution < -0.4 is 0 Å². The fourth-order valence-electron chi connectivity index (χ4n) is 2.94. The molecular weight excluding hydrogens is 356 g/mol. The summed E-state index contributed by atoms with van der Waals surface area (Å²) in [5, 5.41) is 0. The maximum absolute atomic E-state index is 11.0. The van der Waals surface area contributed by atoms with Crippen LogP contribution in [0, 0.1) is 0 Å². The number of ether oxygens (including phenoxy) is 4. The summed E-state index contributed by atoms with van der Waals surface area (Å²) in [5.41, 5.74) is 0. The number of carbonyl (C=O) groups excluding carboxylic acids is 1. The zero-order valence-corrected chi connectivity index (χ0v) is 18.6. The molecule has 5 heteroatoms. The van der Waals surface area contributed by atoms with Gasteiger partial charge in [-0.1, -0.05) is 64.0 Å². The molecule has 28 heavy (non-hydrogen) atoms. The number of carbonyl (C=O) groups is 1. The molecule has 0 amide bonds. The molecule has 0 aromatic rings. The van der Waals surface area contributed by atoms with Crippen LogP contribution in [0.25, 0.3) is 0 Å². The van der Waals surface area contributed by atoms with E-state index in [0.29, 0.717) is 26.4 Å². The molecule has 1 atom stereocenters. The van der Waals surface area contributed by atoms with E-state index in [1.807, 2.05) is 0 Å². The third-order valence-corrected chi connectivity index (χ3v) is 4.74. The molecule has 0 radical (unpaired) electrons. The largest absolute Gasteiger partial charge is 0.469 e. The van der Waals surface area contributed by atoms with Crippen molar-refractivity contribution >= 4 is 5.97 Å². The number of hydrogen-bond donors (Lipinski definition) is 0. The summed E-state index contributed by atoms with van der Waals surface area (Å²) in [6.07, 6.45) is 19.2. The Hall–Kier alpha value is -0.910. The molecule has 0 bridgehead atoms. The zero-order valence-electron chi connectivity index (χ0n) is 18.6. The molecule has 5 nitrogen and oxygen atoms in total. The second-order valence-electron chi connectivity index (χ2n) is 7.25. The normalized spacial score (nSPS) is 12.5. The van der Waals surface area contributed by atoms with E-state index >= 15 is 0 Å². The molecule has 1 unspecified atom stereocenters. The predicted molar refractivity (Wildman–Crippen MR) is 114 cm³/mol. The minimum absolute atomic E-state index is 0.0986. The van der Waals surface area contributed by atoms with Crippen LogP contribution in [0.4, 0.5) is 0 Å². The van der Waals surface area contributed by atoms with Gasteiger partial charge in [0.2, 0.25) is 0 Å². The van der Waals surface area contributed by atoms with Crippen molar-refractivity contribution in [3.8, 4) is 0 Å². The zero-order chi connectivity index (χ0) is 20.7. The highest BCUT2D eigenvalue weighted by Crippen LogP contribution is 2.13. The minimum atomic E-state index is -0.0986. The van der Waals surface area contributed by atoms with Crippen LogP contribution in [0.2, 0.25) is 0 Å². The van der Waals surface area contributed by atoms with Gasteiger partial charge in [0.25, 0.3) is 0 Å². The highest BCUT2D eigenvalue weighted by atomic mass is 16.7. The van der Waals surface area contributed by atoms with Gasteiger partial charge in [-0.05, 0) is 32.1 Å². The second-order valence-corrected chi connectivity index (χ2v) is 7.25. The van der Waals surface area contributed by atoms with Crippen LogP contribution in [-0.4, -0.2) is 46.3 Å². The quantitative estimate of drug-likeness (QED) is 0.105. The molecule has 0 N–H and O–H groups in total. The number of methoxy groups -OCH3 is 2. The standard InChI is InChI=1S/C23H44O5/c1-4-5-6-13-16-22(28-21-27-20-19-25-2)17-14-11-9-7-8-10-12-15-18-23(24)26-3/h11,14,22H,4-10,12-13,15-21H2,1-3H3/b14-11+. The third kappa shape index (κ3) is 19.8. The van der Waals surface area contributed by atoms with E-state index in [-0.39, 0.29) is 12.1 Å². The molecule has 0 aliphatic carbocycles. The van der Waals surface area contributed by atoms with Crippen molar-refractivity contribution in [3.63, 3.8) is 0 Å². The first-order valence-corrected chi connectivity index (χ1v) is 11.1. The smallest absolute Gasteiger partial charge is 0.305 e. The van der Waals surface area contributed by atoms with E-state index in [1.54, 1.807) is 7.11 Å². The highest BCUT2D eigenvalue weighted by Gasteiger charge is 2.07. The van der Waals surface area contributed by atoms with Crippen molar-refractivity contribution in [1.29, 1.82) is 0 Å². The predicted octanol–water partition coefficient (Wildman–Crippen LogP) is 5.81. The van der Waals surface area contributed by atoms with Crippen molar-refractivity contribution < 1.29 is 23.7 Å². The lowest BCUT2D eigenvalue weighted by atomic mass is 10.1. The van der Waals surface area contributed by atoms with E-state index in [0.717, 1.165) is 32.1 Å². The summed E-state index contributed by atoms with van der Waals surface area (Å²) < 4.78 is 21.0. The first kappa shape index (κ1) is 27.1. The molecular formula is C23H44O5. The van der Waals surface area contributed by atoms with Crippen LogP contribution in [0.5, 0.6) is 0 Å². The van der Waals surface area contributed by atoms with Gasteiger partial charge >= 0.3 is 5.97 Å².